The third-order valence-electron chi connectivity index (χ3n) is 5.08. The monoisotopic (exact) mass is 435 g/mol. The first kappa shape index (κ1) is 20.3. The molecule has 0 aliphatic carbocycles. The summed E-state index contributed by atoms with van der Waals surface area (Å²) in [5, 5.41) is 5.73. The van der Waals surface area contributed by atoms with Crippen LogP contribution >= 0.6 is 23.8 Å². The van der Waals surface area contributed by atoms with Crippen LogP contribution in [0.25, 0.3) is 16.5 Å². The van der Waals surface area contributed by atoms with Crippen LogP contribution in [0.1, 0.15) is 31.1 Å². The summed E-state index contributed by atoms with van der Waals surface area (Å²) in [5.74, 6) is 0.878. The Bertz CT molecular complexity index is 1250. The van der Waals surface area contributed by atoms with E-state index in [1.807, 2.05) is 18.2 Å². The van der Waals surface area contributed by atoms with Gasteiger partial charge in [-0.15, -0.1) is 0 Å². The second-order valence-corrected chi connectivity index (χ2v) is 7.82. The number of rotatable bonds is 5. The van der Waals surface area contributed by atoms with E-state index < -0.39 is 0 Å². The quantitative estimate of drug-likeness (QED) is 0.292. The van der Waals surface area contributed by atoms with E-state index in [0.717, 1.165) is 33.2 Å². The number of nitrogen functional groups attached to an aromatic ring is 1. The van der Waals surface area contributed by atoms with Crippen LogP contribution in [0.5, 0.6) is 0 Å². The van der Waals surface area contributed by atoms with Gasteiger partial charge in [-0.05, 0) is 54.1 Å². The predicted molar refractivity (Wildman–Crippen MR) is 127 cm³/mol. The van der Waals surface area contributed by atoms with E-state index in [2.05, 4.69) is 70.1 Å². The molecule has 2 aromatic heterocycles. The molecule has 0 saturated heterocycles. The average molecular weight is 436 g/mol. The van der Waals surface area contributed by atoms with Crippen molar-refractivity contribution >= 4 is 46.2 Å². The molecule has 3 N–H and O–H groups in total. The van der Waals surface area contributed by atoms with Crippen molar-refractivity contribution in [3.63, 3.8) is 0 Å². The van der Waals surface area contributed by atoms with Gasteiger partial charge in [-0.3, -0.25) is 0 Å². The molecule has 30 heavy (non-hydrogen) atoms. The van der Waals surface area contributed by atoms with E-state index >= 15 is 0 Å². The van der Waals surface area contributed by atoms with Gasteiger partial charge in [0.1, 0.15) is 16.3 Å². The minimum absolute atomic E-state index is 0.107. The number of benzene rings is 2. The van der Waals surface area contributed by atoms with Crippen LogP contribution in [0.3, 0.4) is 0 Å². The maximum Gasteiger partial charge on any atom is 0.226 e. The van der Waals surface area contributed by atoms with Gasteiger partial charge in [0.2, 0.25) is 5.28 Å². The fourth-order valence-corrected chi connectivity index (χ4v) is 4.36. The summed E-state index contributed by atoms with van der Waals surface area (Å²) >= 11 is 12.0. The maximum atomic E-state index is 6.01. The van der Waals surface area contributed by atoms with Gasteiger partial charge in [-0.1, -0.05) is 55.5 Å². The average Bonchev–Trinajstić information content (AvgIpc) is 2.73. The molecule has 0 radical (unpaired) electrons. The molecule has 2 aromatic carbocycles. The van der Waals surface area contributed by atoms with Crippen LogP contribution in [0, 0.1) is 4.64 Å². The Morgan fingerprint density at radius 3 is 2.57 bits per heavy atom. The molecule has 0 fully saturated rings. The van der Waals surface area contributed by atoms with Crippen molar-refractivity contribution in [1.82, 2.24) is 14.5 Å². The van der Waals surface area contributed by atoms with E-state index in [0.29, 0.717) is 11.6 Å². The number of aryl methyl sites for hydroxylation is 1. The number of anilines is 2. The molecule has 0 bridgehead atoms. The van der Waals surface area contributed by atoms with E-state index in [4.69, 9.17) is 29.6 Å². The van der Waals surface area contributed by atoms with Crippen LogP contribution < -0.4 is 11.1 Å². The van der Waals surface area contributed by atoms with Gasteiger partial charge in [-0.25, -0.2) is 9.97 Å². The Kier molecular flexibility index (Phi) is 5.70. The second kappa shape index (κ2) is 8.42. The van der Waals surface area contributed by atoms with Crippen molar-refractivity contribution in [1.29, 1.82) is 0 Å². The minimum Gasteiger partial charge on any atom is -0.383 e. The van der Waals surface area contributed by atoms with E-state index in [1.165, 1.54) is 5.56 Å². The highest BCUT2D eigenvalue weighted by molar-refractivity contribution is 7.71. The molecular weight excluding hydrogens is 414 g/mol. The first-order valence-corrected chi connectivity index (χ1v) is 10.6. The summed E-state index contributed by atoms with van der Waals surface area (Å²) in [6.45, 7) is 4.21. The molecule has 2 heterocycles. The number of fused-ring (bicyclic) bond motifs is 1. The second-order valence-electron chi connectivity index (χ2n) is 7.09. The number of nitrogens with one attached hydrogen (secondary N) is 1. The third kappa shape index (κ3) is 3.88. The molecule has 0 aliphatic heterocycles. The summed E-state index contributed by atoms with van der Waals surface area (Å²) in [7, 11) is 0. The molecule has 0 amide bonds. The molecule has 7 heteroatoms. The number of halogens is 1. The van der Waals surface area contributed by atoms with Crippen LogP contribution in [0.4, 0.5) is 11.6 Å². The van der Waals surface area contributed by atoms with E-state index in [1.54, 1.807) is 6.07 Å². The van der Waals surface area contributed by atoms with Crippen molar-refractivity contribution < 1.29 is 0 Å². The van der Waals surface area contributed by atoms with Gasteiger partial charge < -0.3 is 15.6 Å². The van der Waals surface area contributed by atoms with Gasteiger partial charge in [0, 0.05) is 22.8 Å². The highest BCUT2D eigenvalue weighted by atomic mass is 35.5. The summed E-state index contributed by atoms with van der Waals surface area (Å²) in [6, 6.07) is 20.2. The maximum absolute atomic E-state index is 6.01. The summed E-state index contributed by atoms with van der Waals surface area (Å²) in [4.78, 5) is 8.17. The SMILES string of the molecule is CCc1cccc2cc([C@H](C)Nc3cc(N)nc(Cl)n3)n(-c3ccccc3)c(=S)c12. The Morgan fingerprint density at radius 1 is 1.10 bits per heavy atom. The molecule has 152 valence electrons. The number of hydrogen-bond donors (Lipinski definition) is 2. The van der Waals surface area contributed by atoms with Crippen molar-refractivity contribution in [3.8, 4) is 5.69 Å². The molecule has 4 aromatic rings. The van der Waals surface area contributed by atoms with Crippen molar-refractivity contribution in [2.24, 2.45) is 0 Å². The predicted octanol–water partition coefficient (Wildman–Crippen LogP) is 6.12. The van der Waals surface area contributed by atoms with Crippen LogP contribution in [0.15, 0.2) is 60.7 Å². The zero-order valence-electron chi connectivity index (χ0n) is 16.8. The topological polar surface area (TPSA) is 68.8 Å². The van der Waals surface area contributed by atoms with Gasteiger partial charge in [-0.2, -0.15) is 0 Å². The number of nitrogens with two attached hydrogens (primary N) is 1. The normalized spacial score (nSPS) is 12.1. The molecule has 0 saturated carbocycles. The summed E-state index contributed by atoms with van der Waals surface area (Å²) < 4.78 is 2.92. The fraction of sp³-hybridized carbons (Fsp3) is 0.174. The lowest BCUT2D eigenvalue weighted by Gasteiger charge is -2.23. The standard InChI is InChI=1S/C23H22ClN5S/c1-3-15-8-7-9-16-12-18(14(2)26-20-13-19(25)27-23(24)28-20)29(22(30)21(15)16)17-10-5-4-6-11-17/h4-14H,3H2,1-2H3,(H3,25,26,27,28)/t14-/m0/s1. The molecular formula is C23H22ClN5S. The van der Waals surface area contributed by atoms with Crippen molar-refractivity contribution in [2.45, 2.75) is 26.3 Å². The Hall–Kier alpha value is -2.96. The highest BCUT2D eigenvalue weighted by Crippen LogP contribution is 2.30. The molecule has 4 rings (SSSR count). The third-order valence-corrected chi connectivity index (χ3v) is 5.64. The Morgan fingerprint density at radius 2 is 1.87 bits per heavy atom. The van der Waals surface area contributed by atoms with Gasteiger partial charge in [0.25, 0.3) is 0 Å². The highest BCUT2D eigenvalue weighted by Gasteiger charge is 2.17. The molecule has 0 aliphatic rings. The molecule has 5 nitrogen and oxygen atoms in total. The number of hydrogen-bond acceptors (Lipinski definition) is 5. The van der Waals surface area contributed by atoms with Gasteiger partial charge >= 0.3 is 0 Å². The lowest BCUT2D eigenvalue weighted by molar-refractivity contribution is 0.780. The van der Waals surface area contributed by atoms with Crippen LogP contribution in [-0.4, -0.2) is 14.5 Å². The first-order chi connectivity index (χ1) is 14.5. The van der Waals surface area contributed by atoms with Gasteiger partial charge in [0.15, 0.2) is 0 Å². The van der Waals surface area contributed by atoms with Gasteiger partial charge in [0.05, 0.1) is 6.04 Å². The lowest BCUT2D eigenvalue weighted by Crippen LogP contribution is -2.16. The summed E-state index contributed by atoms with van der Waals surface area (Å²) in [5.41, 5.74) is 9.10. The first-order valence-electron chi connectivity index (χ1n) is 9.77. The molecule has 0 spiro atoms. The largest absolute Gasteiger partial charge is 0.383 e. The number of para-hydroxylation sites is 1. The van der Waals surface area contributed by atoms with E-state index in [9.17, 15) is 0 Å². The zero-order chi connectivity index (χ0) is 21.3. The smallest absolute Gasteiger partial charge is 0.226 e. The van der Waals surface area contributed by atoms with Crippen molar-refractivity contribution in [3.05, 3.63) is 81.8 Å². The Labute approximate surface area is 185 Å². The molecule has 0 unspecified atom stereocenters. The fourth-order valence-electron chi connectivity index (χ4n) is 3.72. The van der Waals surface area contributed by atoms with Crippen LogP contribution in [0.2, 0.25) is 5.28 Å². The molecule has 1 atom stereocenters. The minimum atomic E-state index is -0.119. The number of pyridine rings is 1. The number of aromatic nitrogens is 3. The van der Waals surface area contributed by atoms with E-state index in [-0.39, 0.29) is 11.3 Å². The number of nitrogens with zero attached hydrogens (tertiary/aromatic N) is 3. The Balaban J connectivity index is 1.92. The van der Waals surface area contributed by atoms with Crippen LogP contribution in [-0.2, 0) is 6.42 Å². The van der Waals surface area contributed by atoms with Crippen molar-refractivity contribution in [2.75, 3.05) is 11.1 Å². The zero-order valence-corrected chi connectivity index (χ0v) is 18.3. The lowest BCUT2D eigenvalue weighted by atomic mass is 10.0. The summed E-state index contributed by atoms with van der Waals surface area (Å²) in [6.07, 6.45) is 0.918.